The van der Waals surface area contributed by atoms with E-state index in [4.69, 9.17) is 14.1 Å². The number of rotatable bonds is 15. The maximum atomic E-state index is 7.27. The maximum Gasteiger partial charge on any atom is 0.140 e. The van der Waals surface area contributed by atoms with Crippen LogP contribution in [0.25, 0.3) is 31.2 Å². The molecule has 4 nitrogen and oxygen atoms in total. The minimum Gasteiger partial charge on any atom is -0.481 e. The van der Waals surface area contributed by atoms with Gasteiger partial charge in [-0.3, -0.25) is 4.98 Å². The van der Waals surface area contributed by atoms with Crippen molar-refractivity contribution in [2.45, 2.75) is 125 Å². The summed E-state index contributed by atoms with van der Waals surface area (Å²) in [7, 11) is 0. The molecule has 0 aliphatic carbocycles. The van der Waals surface area contributed by atoms with Crippen molar-refractivity contribution in [2.75, 3.05) is 0 Å². The molecule has 0 spiro atoms. The number of pyridine rings is 1. The van der Waals surface area contributed by atoms with Crippen LogP contribution in [0.4, 0.5) is 0 Å². The molecule has 43 heavy (non-hydrogen) atoms. The SMILES string of the molecule is Cc1cc2c(s1)-c1sc(-c3cnc(C)c4nsnc34)cc1C(CCC(C)CCCC(C)C)(CCC(C)CCCC(C)C)O2. The zero-order chi connectivity index (χ0) is 30.7. The normalized spacial score (nSPS) is 17.8. The molecule has 0 radical (unpaired) electrons. The fourth-order valence-corrected chi connectivity index (χ4v) is 9.53. The van der Waals surface area contributed by atoms with Crippen LogP contribution in [0.5, 0.6) is 5.75 Å². The second-order valence-corrected chi connectivity index (χ2v) is 17.0. The van der Waals surface area contributed by atoms with Crippen LogP contribution < -0.4 is 4.74 Å². The summed E-state index contributed by atoms with van der Waals surface area (Å²) in [5, 5.41) is 0. The van der Waals surface area contributed by atoms with Crippen molar-refractivity contribution in [1.29, 1.82) is 0 Å². The van der Waals surface area contributed by atoms with Gasteiger partial charge < -0.3 is 4.74 Å². The van der Waals surface area contributed by atoms with E-state index in [9.17, 15) is 0 Å². The predicted molar refractivity (Wildman–Crippen MR) is 188 cm³/mol. The summed E-state index contributed by atoms with van der Waals surface area (Å²) in [5.74, 6) is 4.03. The van der Waals surface area contributed by atoms with Crippen molar-refractivity contribution >= 4 is 45.4 Å². The minimum absolute atomic E-state index is 0.305. The van der Waals surface area contributed by atoms with E-state index in [-0.39, 0.29) is 5.60 Å². The highest BCUT2D eigenvalue weighted by Crippen LogP contribution is 2.57. The van der Waals surface area contributed by atoms with E-state index >= 15 is 0 Å². The zero-order valence-electron chi connectivity index (χ0n) is 27.6. The van der Waals surface area contributed by atoms with Crippen molar-refractivity contribution in [3.63, 3.8) is 0 Å². The Labute approximate surface area is 272 Å². The van der Waals surface area contributed by atoms with Crippen molar-refractivity contribution in [3.05, 3.63) is 34.5 Å². The Morgan fingerprint density at radius 1 is 0.744 bits per heavy atom. The molecule has 0 aromatic carbocycles. The zero-order valence-corrected chi connectivity index (χ0v) is 30.0. The molecule has 4 aromatic rings. The Morgan fingerprint density at radius 2 is 1.37 bits per heavy atom. The van der Waals surface area contributed by atoms with Crippen LogP contribution in [0.3, 0.4) is 0 Å². The average Bonchev–Trinajstić information content (AvgIpc) is 3.69. The number of hydrogen-bond donors (Lipinski definition) is 0. The minimum atomic E-state index is -0.305. The summed E-state index contributed by atoms with van der Waals surface area (Å²) >= 11 is 5.05. The van der Waals surface area contributed by atoms with E-state index in [1.807, 2.05) is 35.8 Å². The Hall–Kier alpha value is -1.83. The van der Waals surface area contributed by atoms with Crippen LogP contribution >= 0.6 is 34.4 Å². The van der Waals surface area contributed by atoms with E-state index in [1.54, 1.807) is 0 Å². The average molecular weight is 638 g/mol. The molecule has 0 N–H and O–H groups in total. The first-order valence-corrected chi connectivity index (χ1v) is 18.9. The van der Waals surface area contributed by atoms with Crippen LogP contribution in [-0.2, 0) is 5.60 Å². The van der Waals surface area contributed by atoms with Crippen molar-refractivity contribution in [1.82, 2.24) is 13.7 Å². The Kier molecular flexibility index (Phi) is 10.7. The highest BCUT2D eigenvalue weighted by Gasteiger charge is 2.43. The van der Waals surface area contributed by atoms with Gasteiger partial charge >= 0.3 is 0 Å². The lowest BCUT2D eigenvalue weighted by molar-refractivity contribution is 0.0323. The number of thiophene rings is 2. The first-order valence-electron chi connectivity index (χ1n) is 16.6. The lowest BCUT2D eigenvalue weighted by atomic mass is 9.78. The molecule has 7 heteroatoms. The number of aromatic nitrogens is 3. The molecule has 0 bridgehead atoms. The summed E-state index contributed by atoms with van der Waals surface area (Å²) < 4.78 is 16.6. The number of aryl methyl sites for hydroxylation is 2. The van der Waals surface area contributed by atoms with Gasteiger partial charge in [-0.25, -0.2) is 0 Å². The van der Waals surface area contributed by atoms with Crippen molar-refractivity contribution in [3.8, 4) is 25.9 Å². The summed E-state index contributed by atoms with van der Waals surface area (Å²) in [6.07, 6.45) is 14.4. The molecule has 1 aliphatic heterocycles. The molecule has 0 saturated heterocycles. The molecule has 234 valence electrons. The quantitative estimate of drug-likeness (QED) is 0.130. The summed E-state index contributed by atoms with van der Waals surface area (Å²) in [4.78, 5) is 9.97. The van der Waals surface area contributed by atoms with Gasteiger partial charge in [-0.05, 0) is 75.3 Å². The van der Waals surface area contributed by atoms with Crippen molar-refractivity contribution < 1.29 is 4.74 Å². The molecule has 5 rings (SSSR count). The van der Waals surface area contributed by atoms with Crippen LogP contribution in [0.2, 0.25) is 0 Å². The van der Waals surface area contributed by atoms with Gasteiger partial charge in [-0.15, -0.1) is 22.7 Å². The van der Waals surface area contributed by atoms with Gasteiger partial charge in [0.15, 0.2) is 0 Å². The smallest absolute Gasteiger partial charge is 0.140 e. The first kappa shape index (κ1) is 32.6. The van der Waals surface area contributed by atoms with E-state index in [1.165, 1.54) is 88.2 Å². The molecule has 2 atom stereocenters. The Balaban J connectivity index is 1.50. The summed E-state index contributed by atoms with van der Waals surface area (Å²) in [5.41, 5.74) is 5.03. The molecule has 0 amide bonds. The highest BCUT2D eigenvalue weighted by molar-refractivity contribution is 7.24. The van der Waals surface area contributed by atoms with E-state index in [0.29, 0.717) is 11.8 Å². The standard InChI is InChI=1S/C36H51N3OS3/c1-22(2)11-9-13-24(5)15-17-36(18-16-25(6)14-10-12-23(3)4)29-20-31(28-21-37-27(8)32-33(28)39-43-38-32)42-34(29)35-30(40-36)19-26(7)41-35/h19-25H,9-18H2,1-8H3. The lowest BCUT2D eigenvalue weighted by Crippen LogP contribution is -2.36. The monoisotopic (exact) mass is 637 g/mol. The lowest BCUT2D eigenvalue weighted by Gasteiger charge is -2.39. The van der Waals surface area contributed by atoms with Crippen molar-refractivity contribution in [2.24, 2.45) is 23.7 Å². The number of ether oxygens (including phenoxy) is 1. The first-order chi connectivity index (χ1) is 20.6. The van der Waals surface area contributed by atoms with E-state index < -0.39 is 0 Å². The molecule has 0 saturated carbocycles. The number of hydrogen-bond acceptors (Lipinski definition) is 7. The van der Waals surface area contributed by atoms with Gasteiger partial charge in [-0.1, -0.05) is 80.1 Å². The number of fused-ring (bicyclic) bond motifs is 4. The number of nitrogens with zero attached hydrogens (tertiary/aromatic N) is 3. The van der Waals surface area contributed by atoms with Gasteiger partial charge in [-0.2, -0.15) is 8.75 Å². The van der Waals surface area contributed by atoms with Crippen LogP contribution in [0.15, 0.2) is 18.3 Å². The largest absolute Gasteiger partial charge is 0.481 e. The van der Waals surface area contributed by atoms with Gasteiger partial charge in [0.25, 0.3) is 0 Å². The molecular weight excluding hydrogens is 587 g/mol. The molecule has 2 unspecified atom stereocenters. The molecule has 5 heterocycles. The van der Waals surface area contributed by atoms with Crippen LogP contribution in [0.1, 0.15) is 122 Å². The second-order valence-electron chi connectivity index (χ2n) is 14.2. The fourth-order valence-electron chi connectivity index (χ4n) is 6.58. The van der Waals surface area contributed by atoms with Gasteiger partial charge in [0.2, 0.25) is 0 Å². The predicted octanol–water partition coefficient (Wildman–Crippen LogP) is 12.2. The second kappa shape index (κ2) is 14.1. The fraction of sp³-hybridized carbons (Fsp3) is 0.639. The maximum absolute atomic E-state index is 7.27. The molecule has 4 aromatic heterocycles. The Bertz CT molecular complexity index is 1470. The van der Waals surface area contributed by atoms with Gasteiger partial charge in [0.1, 0.15) is 22.4 Å². The van der Waals surface area contributed by atoms with Crippen LogP contribution in [-0.4, -0.2) is 13.7 Å². The summed E-state index contributed by atoms with van der Waals surface area (Å²) in [6.45, 7) is 18.5. The molecular formula is C36H51N3OS3. The van der Waals surface area contributed by atoms with Gasteiger partial charge in [0.05, 0.1) is 27.2 Å². The highest BCUT2D eigenvalue weighted by atomic mass is 32.1. The third-order valence-electron chi connectivity index (χ3n) is 9.33. The summed E-state index contributed by atoms with van der Waals surface area (Å²) in [6, 6.07) is 4.72. The van der Waals surface area contributed by atoms with E-state index in [2.05, 4.69) is 65.0 Å². The molecule has 0 fully saturated rings. The van der Waals surface area contributed by atoms with Gasteiger partial charge in [0, 0.05) is 27.1 Å². The third-order valence-corrected chi connectivity index (χ3v) is 12.2. The Morgan fingerprint density at radius 3 is 2.00 bits per heavy atom. The van der Waals surface area contributed by atoms with E-state index in [0.717, 1.165) is 52.7 Å². The van der Waals surface area contributed by atoms with Crippen LogP contribution in [0, 0.1) is 37.5 Å². The third kappa shape index (κ3) is 7.53. The topological polar surface area (TPSA) is 47.9 Å². The molecule has 1 aliphatic rings.